The quantitative estimate of drug-likeness (QED) is 0.358. The molecular weight excluding hydrogens is 452 g/mol. The second-order valence-electron chi connectivity index (χ2n) is 5.61. The van der Waals surface area contributed by atoms with Crippen LogP contribution in [-0.4, -0.2) is 5.78 Å². The van der Waals surface area contributed by atoms with Gasteiger partial charge in [0, 0.05) is 26.1 Å². The first-order valence-electron chi connectivity index (χ1n) is 7.57. The molecule has 126 valence electrons. The highest BCUT2D eigenvalue weighted by atomic mass is 127. The van der Waals surface area contributed by atoms with Gasteiger partial charge in [-0.25, -0.2) is 4.39 Å². The maximum Gasteiger partial charge on any atom is 0.194 e. The third-order valence-corrected chi connectivity index (χ3v) is 4.77. The first kappa shape index (κ1) is 17.9. The lowest BCUT2D eigenvalue weighted by molar-refractivity contribution is 0.103. The summed E-state index contributed by atoms with van der Waals surface area (Å²) in [5, 5.41) is 3.51. The molecule has 0 unspecified atom stereocenters. The highest BCUT2D eigenvalue weighted by Gasteiger charge is 2.16. The topological polar surface area (TPSA) is 29.1 Å². The Labute approximate surface area is 164 Å². The summed E-state index contributed by atoms with van der Waals surface area (Å²) >= 11 is 8.52. The summed E-state index contributed by atoms with van der Waals surface area (Å²) in [7, 11) is 0. The molecule has 3 aromatic rings. The average Bonchev–Trinajstić information content (AvgIpc) is 2.59. The minimum atomic E-state index is -0.294. The summed E-state index contributed by atoms with van der Waals surface area (Å²) in [5.41, 5.74) is 3.48. The summed E-state index contributed by atoms with van der Waals surface area (Å²) in [6, 6.07) is 17.0. The lowest BCUT2D eigenvalue weighted by Gasteiger charge is -2.11. The maximum atomic E-state index is 13.0. The van der Waals surface area contributed by atoms with Gasteiger partial charge in [0.15, 0.2) is 5.78 Å². The number of carbonyl (C=O) groups is 1. The summed E-state index contributed by atoms with van der Waals surface area (Å²) in [4.78, 5) is 12.8. The van der Waals surface area contributed by atoms with Crippen LogP contribution in [0.1, 0.15) is 21.5 Å². The van der Waals surface area contributed by atoms with Crippen LogP contribution in [0.4, 0.5) is 15.8 Å². The molecule has 25 heavy (non-hydrogen) atoms. The smallest absolute Gasteiger partial charge is 0.194 e. The zero-order valence-corrected chi connectivity index (χ0v) is 16.2. The highest BCUT2D eigenvalue weighted by molar-refractivity contribution is 14.1. The molecule has 0 aliphatic carbocycles. The Bertz CT molecular complexity index is 941. The fourth-order valence-electron chi connectivity index (χ4n) is 2.46. The number of anilines is 2. The summed E-state index contributed by atoms with van der Waals surface area (Å²) in [6.45, 7) is 1.90. The lowest BCUT2D eigenvalue weighted by atomic mass is 9.99. The second-order valence-corrected chi connectivity index (χ2v) is 7.27. The van der Waals surface area contributed by atoms with Gasteiger partial charge in [0.2, 0.25) is 0 Å². The SMILES string of the molecule is Cc1ccc(I)cc1C(=O)c1ccc(Nc2ccc(F)cc2)cc1Cl. The van der Waals surface area contributed by atoms with Gasteiger partial charge in [0.25, 0.3) is 0 Å². The number of hydrogen-bond donors (Lipinski definition) is 1. The van der Waals surface area contributed by atoms with Crippen molar-refractivity contribution in [1.82, 2.24) is 0 Å². The molecule has 1 N–H and O–H groups in total. The monoisotopic (exact) mass is 465 g/mol. The second kappa shape index (κ2) is 7.54. The maximum absolute atomic E-state index is 13.0. The molecule has 2 nitrogen and oxygen atoms in total. The predicted octanol–water partition coefficient (Wildman–Crippen LogP) is 6.37. The molecule has 0 spiro atoms. The van der Waals surface area contributed by atoms with Crippen molar-refractivity contribution < 1.29 is 9.18 Å². The van der Waals surface area contributed by atoms with Gasteiger partial charge >= 0.3 is 0 Å². The molecule has 0 fully saturated rings. The zero-order valence-electron chi connectivity index (χ0n) is 13.3. The van der Waals surface area contributed by atoms with Gasteiger partial charge < -0.3 is 5.32 Å². The van der Waals surface area contributed by atoms with Crippen molar-refractivity contribution in [2.24, 2.45) is 0 Å². The van der Waals surface area contributed by atoms with Crippen LogP contribution in [-0.2, 0) is 0 Å². The van der Waals surface area contributed by atoms with E-state index in [1.165, 1.54) is 12.1 Å². The van der Waals surface area contributed by atoms with Crippen LogP contribution in [0, 0.1) is 16.3 Å². The van der Waals surface area contributed by atoms with E-state index in [-0.39, 0.29) is 11.6 Å². The van der Waals surface area contributed by atoms with Crippen molar-refractivity contribution in [3.05, 3.63) is 91.8 Å². The normalized spacial score (nSPS) is 10.6. The van der Waals surface area contributed by atoms with Gasteiger partial charge in [0.1, 0.15) is 5.82 Å². The third kappa shape index (κ3) is 4.19. The Morgan fingerprint density at radius 1 is 0.960 bits per heavy atom. The third-order valence-electron chi connectivity index (χ3n) is 3.79. The molecule has 0 amide bonds. The molecule has 0 aliphatic rings. The number of ketones is 1. The zero-order chi connectivity index (χ0) is 18.0. The largest absolute Gasteiger partial charge is 0.355 e. The number of aryl methyl sites for hydroxylation is 1. The van der Waals surface area contributed by atoms with Crippen LogP contribution in [0.15, 0.2) is 60.7 Å². The molecule has 0 aliphatic heterocycles. The van der Waals surface area contributed by atoms with Crippen LogP contribution in [0.3, 0.4) is 0 Å². The molecule has 0 heterocycles. The first-order chi connectivity index (χ1) is 11.9. The minimum absolute atomic E-state index is 0.102. The van der Waals surface area contributed by atoms with E-state index in [1.54, 1.807) is 30.3 Å². The van der Waals surface area contributed by atoms with Crippen molar-refractivity contribution >= 4 is 51.3 Å². The molecule has 0 saturated heterocycles. The Morgan fingerprint density at radius 3 is 2.32 bits per heavy atom. The van der Waals surface area contributed by atoms with Gasteiger partial charge in [0.05, 0.1) is 5.02 Å². The fourth-order valence-corrected chi connectivity index (χ4v) is 3.22. The van der Waals surface area contributed by atoms with Crippen molar-refractivity contribution in [3.8, 4) is 0 Å². The van der Waals surface area contributed by atoms with Gasteiger partial charge in [-0.15, -0.1) is 0 Å². The van der Waals surface area contributed by atoms with E-state index in [9.17, 15) is 9.18 Å². The average molecular weight is 466 g/mol. The number of carbonyl (C=O) groups excluding carboxylic acids is 1. The minimum Gasteiger partial charge on any atom is -0.355 e. The van der Waals surface area contributed by atoms with Crippen LogP contribution in [0.5, 0.6) is 0 Å². The molecular formula is C20H14ClFINO. The van der Waals surface area contributed by atoms with Gasteiger partial charge in [-0.2, -0.15) is 0 Å². The lowest BCUT2D eigenvalue weighted by Crippen LogP contribution is -2.05. The van der Waals surface area contributed by atoms with Crippen LogP contribution in [0.2, 0.25) is 5.02 Å². The summed E-state index contributed by atoms with van der Waals surface area (Å²) < 4.78 is 14.0. The van der Waals surface area contributed by atoms with E-state index in [4.69, 9.17) is 11.6 Å². The van der Waals surface area contributed by atoms with Crippen molar-refractivity contribution in [2.45, 2.75) is 6.92 Å². The van der Waals surface area contributed by atoms with Crippen LogP contribution in [0.25, 0.3) is 0 Å². The number of halogens is 3. The van der Waals surface area contributed by atoms with E-state index in [1.807, 2.05) is 25.1 Å². The number of nitrogens with one attached hydrogen (secondary N) is 1. The highest BCUT2D eigenvalue weighted by Crippen LogP contribution is 2.27. The molecule has 5 heteroatoms. The van der Waals surface area contributed by atoms with Gasteiger partial charge in [-0.1, -0.05) is 17.7 Å². The first-order valence-corrected chi connectivity index (χ1v) is 9.03. The summed E-state index contributed by atoms with van der Waals surface area (Å²) in [5.74, 6) is -0.397. The number of hydrogen-bond acceptors (Lipinski definition) is 2. The van der Waals surface area contributed by atoms with Crippen LogP contribution >= 0.6 is 34.2 Å². The van der Waals surface area contributed by atoms with Gasteiger partial charge in [-0.05, 0) is 89.7 Å². The predicted molar refractivity (Wildman–Crippen MR) is 108 cm³/mol. The number of benzene rings is 3. The van der Waals surface area contributed by atoms with Crippen molar-refractivity contribution in [2.75, 3.05) is 5.32 Å². The molecule has 0 atom stereocenters. The van der Waals surface area contributed by atoms with E-state index in [0.717, 1.165) is 20.5 Å². The molecule has 0 aromatic heterocycles. The van der Waals surface area contributed by atoms with E-state index < -0.39 is 0 Å². The summed E-state index contributed by atoms with van der Waals surface area (Å²) in [6.07, 6.45) is 0. The van der Waals surface area contributed by atoms with E-state index in [0.29, 0.717) is 16.1 Å². The van der Waals surface area contributed by atoms with Gasteiger partial charge in [-0.3, -0.25) is 4.79 Å². The molecule has 0 saturated carbocycles. The van der Waals surface area contributed by atoms with E-state index >= 15 is 0 Å². The van der Waals surface area contributed by atoms with Crippen molar-refractivity contribution in [3.63, 3.8) is 0 Å². The van der Waals surface area contributed by atoms with Crippen molar-refractivity contribution in [1.29, 1.82) is 0 Å². The molecule has 3 aromatic carbocycles. The van der Waals surface area contributed by atoms with E-state index in [2.05, 4.69) is 27.9 Å². The Hall–Kier alpha value is -1.92. The van der Waals surface area contributed by atoms with Crippen LogP contribution < -0.4 is 5.32 Å². The standard InChI is InChI=1S/C20H14ClFINO/c1-12-2-5-14(23)10-18(12)20(25)17-9-8-16(11-19(17)21)24-15-6-3-13(22)4-7-15/h2-11,24H,1H3. The molecule has 0 bridgehead atoms. The Morgan fingerprint density at radius 2 is 1.64 bits per heavy atom. The Kier molecular flexibility index (Phi) is 5.39. The Balaban J connectivity index is 1.87. The molecule has 0 radical (unpaired) electrons. The number of rotatable bonds is 4. The molecule has 3 rings (SSSR count). The fraction of sp³-hybridized carbons (Fsp3) is 0.0500.